The highest BCUT2D eigenvalue weighted by atomic mass is 16.2. The molecule has 188 valence electrons. The Hall–Kier alpha value is -2.38. The Labute approximate surface area is 206 Å². The Morgan fingerprint density at radius 1 is 1.12 bits per heavy atom. The number of hydrogen-bond donors (Lipinski definition) is 2. The van der Waals surface area contributed by atoms with E-state index in [2.05, 4.69) is 67.1 Å². The molecule has 1 amide bonds. The van der Waals surface area contributed by atoms with Gasteiger partial charge in [-0.15, -0.1) is 0 Å². The van der Waals surface area contributed by atoms with Crippen molar-refractivity contribution in [2.75, 3.05) is 57.3 Å². The van der Waals surface area contributed by atoms with Crippen molar-refractivity contribution in [2.24, 2.45) is 17.6 Å². The van der Waals surface area contributed by atoms with Gasteiger partial charge >= 0.3 is 0 Å². The fraction of sp³-hybridized carbons (Fsp3) is 0.630. The zero-order valence-corrected chi connectivity index (χ0v) is 21.5. The third-order valence-corrected chi connectivity index (χ3v) is 7.32. The van der Waals surface area contributed by atoms with Crippen molar-refractivity contribution in [2.45, 2.75) is 46.5 Å². The number of carbonyl (C=O) groups excluding carboxylic acids is 1. The number of nitrogens with two attached hydrogens (primary N) is 1. The van der Waals surface area contributed by atoms with Gasteiger partial charge in [-0.25, -0.2) is 0 Å². The number of carbonyl (C=O) groups is 1. The minimum absolute atomic E-state index is 0.171. The Bertz CT molecular complexity index is 826. The second kappa shape index (κ2) is 12.9. The highest BCUT2D eigenvalue weighted by Crippen LogP contribution is 2.22. The van der Waals surface area contributed by atoms with Crippen molar-refractivity contribution >= 4 is 11.6 Å². The van der Waals surface area contributed by atoms with Crippen LogP contribution in [-0.2, 0) is 4.79 Å². The summed E-state index contributed by atoms with van der Waals surface area (Å²) in [6, 6.07) is 4.14. The molecule has 2 unspecified atom stereocenters. The summed E-state index contributed by atoms with van der Waals surface area (Å²) < 4.78 is 0. The monoisotopic (exact) mass is 468 g/mol. The van der Waals surface area contributed by atoms with Gasteiger partial charge in [0.05, 0.1) is 17.6 Å². The molecule has 0 aromatic carbocycles. The van der Waals surface area contributed by atoms with Gasteiger partial charge in [-0.05, 0) is 48.9 Å². The maximum atomic E-state index is 12.3. The lowest BCUT2D eigenvalue weighted by atomic mass is 9.97. The van der Waals surface area contributed by atoms with Crippen molar-refractivity contribution in [3.63, 3.8) is 0 Å². The van der Waals surface area contributed by atoms with Crippen molar-refractivity contribution < 1.29 is 4.79 Å². The van der Waals surface area contributed by atoms with Gasteiger partial charge in [-0.1, -0.05) is 33.8 Å². The highest BCUT2D eigenvalue weighted by Gasteiger charge is 2.20. The normalized spacial score (nSPS) is 20.7. The van der Waals surface area contributed by atoms with E-state index in [9.17, 15) is 4.79 Å². The molecular formula is C27H44N6O. The largest absolute Gasteiger partial charge is 0.403 e. The predicted molar refractivity (Wildman–Crippen MR) is 141 cm³/mol. The topological polar surface area (TPSA) is 77.7 Å². The lowest BCUT2D eigenvalue weighted by molar-refractivity contribution is -0.118. The van der Waals surface area contributed by atoms with Crippen LogP contribution >= 0.6 is 0 Å². The summed E-state index contributed by atoms with van der Waals surface area (Å²) >= 11 is 0. The summed E-state index contributed by atoms with van der Waals surface area (Å²) in [5.41, 5.74) is 9.07. The van der Waals surface area contributed by atoms with Crippen molar-refractivity contribution in [1.29, 1.82) is 0 Å². The molecule has 0 aliphatic carbocycles. The first kappa shape index (κ1) is 26.2. The summed E-state index contributed by atoms with van der Waals surface area (Å²) in [5.74, 6) is 1.73. The van der Waals surface area contributed by atoms with Gasteiger partial charge in [0.25, 0.3) is 0 Å². The minimum Gasteiger partial charge on any atom is -0.403 e. The molecule has 0 saturated carbocycles. The number of nitrogens with one attached hydrogen (secondary N) is 1. The fourth-order valence-electron chi connectivity index (χ4n) is 4.39. The Morgan fingerprint density at radius 3 is 2.53 bits per heavy atom. The lowest BCUT2D eigenvalue weighted by Crippen LogP contribution is -2.46. The molecule has 34 heavy (non-hydrogen) atoms. The van der Waals surface area contributed by atoms with Crippen LogP contribution in [0, 0.1) is 11.8 Å². The van der Waals surface area contributed by atoms with Gasteiger partial charge in [0, 0.05) is 64.1 Å². The molecule has 0 radical (unpaired) electrons. The quantitative estimate of drug-likeness (QED) is 0.542. The minimum atomic E-state index is 0.171. The molecule has 0 bridgehead atoms. The maximum absolute atomic E-state index is 12.3. The Balaban J connectivity index is 1.45. The van der Waals surface area contributed by atoms with Crippen LogP contribution in [0.2, 0.25) is 0 Å². The Morgan fingerprint density at radius 2 is 1.88 bits per heavy atom. The molecule has 3 N–H and O–H groups in total. The molecular weight excluding hydrogens is 424 g/mol. The number of piperazine rings is 1. The zero-order chi connectivity index (χ0) is 24.5. The van der Waals surface area contributed by atoms with E-state index < -0.39 is 0 Å². The van der Waals surface area contributed by atoms with E-state index in [1.165, 1.54) is 0 Å². The summed E-state index contributed by atoms with van der Waals surface area (Å²) in [6.07, 6.45) is 9.68. The van der Waals surface area contributed by atoms with Gasteiger partial charge in [0.1, 0.15) is 0 Å². The van der Waals surface area contributed by atoms with Gasteiger partial charge in [-0.3, -0.25) is 14.7 Å². The molecule has 3 heterocycles. The predicted octanol–water partition coefficient (Wildman–Crippen LogP) is 3.17. The number of aromatic nitrogens is 1. The highest BCUT2D eigenvalue weighted by molar-refractivity contribution is 5.93. The molecule has 2 aliphatic rings. The molecule has 7 heteroatoms. The molecule has 2 atom stereocenters. The number of rotatable bonds is 9. The van der Waals surface area contributed by atoms with Crippen molar-refractivity contribution in [3.05, 3.63) is 48.1 Å². The van der Waals surface area contributed by atoms with Crippen LogP contribution < -0.4 is 16.0 Å². The number of anilines is 1. The van der Waals surface area contributed by atoms with Gasteiger partial charge in [-0.2, -0.15) is 0 Å². The molecule has 1 aromatic heterocycles. The van der Waals surface area contributed by atoms with E-state index in [0.29, 0.717) is 30.7 Å². The third-order valence-electron chi connectivity index (χ3n) is 7.32. The van der Waals surface area contributed by atoms with Crippen molar-refractivity contribution in [1.82, 2.24) is 20.1 Å². The van der Waals surface area contributed by atoms with Gasteiger partial charge in [0.15, 0.2) is 0 Å². The second-order valence-corrected chi connectivity index (χ2v) is 10.1. The van der Waals surface area contributed by atoms with Crippen LogP contribution in [0.3, 0.4) is 0 Å². The first-order valence-electron chi connectivity index (χ1n) is 12.9. The molecule has 2 saturated heterocycles. The summed E-state index contributed by atoms with van der Waals surface area (Å²) in [6.45, 7) is 16.5. The molecule has 2 aliphatic heterocycles. The SMILES string of the molecule is CC(CCN1CCN(C(/C=C\C(C)C(C)C)=C/N)CC1)c1ccc(N2CCNCCC2=O)cn1. The van der Waals surface area contributed by atoms with Crippen LogP contribution in [0.25, 0.3) is 0 Å². The number of hydrogen-bond acceptors (Lipinski definition) is 6. The van der Waals surface area contributed by atoms with Gasteiger partial charge < -0.3 is 20.9 Å². The zero-order valence-electron chi connectivity index (χ0n) is 21.5. The number of pyridine rings is 1. The van der Waals surface area contributed by atoms with Crippen LogP contribution in [-0.4, -0.2) is 73.0 Å². The van der Waals surface area contributed by atoms with E-state index in [4.69, 9.17) is 10.7 Å². The molecule has 0 spiro atoms. The van der Waals surface area contributed by atoms with E-state index in [0.717, 1.165) is 69.3 Å². The summed E-state index contributed by atoms with van der Waals surface area (Å²) in [7, 11) is 0. The van der Waals surface area contributed by atoms with Crippen LogP contribution in [0.4, 0.5) is 5.69 Å². The first-order valence-corrected chi connectivity index (χ1v) is 12.9. The average molecular weight is 469 g/mol. The number of allylic oxidation sites excluding steroid dienone is 2. The van der Waals surface area contributed by atoms with E-state index in [-0.39, 0.29) is 5.91 Å². The van der Waals surface area contributed by atoms with E-state index >= 15 is 0 Å². The van der Waals surface area contributed by atoms with E-state index in [1.807, 2.05) is 11.1 Å². The average Bonchev–Trinajstić information content (AvgIpc) is 3.07. The third kappa shape index (κ3) is 7.31. The fourth-order valence-corrected chi connectivity index (χ4v) is 4.39. The Kier molecular flexibility index (Phi) is 9.96. The molecule has 1 aromatic rings. The van der Waals surface area contributed by atoms with Crippen molar-refractivity contribution in [3.8, 4) is 0 Å². The summed E-state index contributed by atoms with van der Waals surface area (Å²) in [5, 5.41) is 3.28. The van der Waals surface area contributed by atoms with E-state index in [1.54, 1.807) is 6.20 Å². The van der Waals surface area contributed by atoms with Crippen LogP contribution in [0.1, 0.15) is 52.1 Å². The van der Waals surface area contributed by atoms with Crippen LogP contribution in [0.5, 0.6) is 0 Å². The van der Waals surface area contributed by atoms with Gasteiger partial charge in [0.2, 0.25) is 5.91 Å². The standard InChI is InChI=1S/C27H44N6O/c1-21(2)22(3)5-6-24(19-28)32-17-15-31(16-18-32)13-10-23(4)26-8-7-25(20-30-26)33-14-12-29-11-9-27(33)34/h5-8,19-23,29H,9-18,28H2,1-4H3/b6-5-,24-19+. The first-order chi connectivity index (χ1) is 16.4. The smallest absolute Gasteiger partial charge is 0.228 e. The molecule has 2 fully saturated rings. The number of amides is 1. The number of nitrogens with zero attached hydrogens (tertiary/aromatic N) is 4. The summed E-state index contributed by atoms with van der Waals surface area (Å²) in [4.78, 5) is 23.8. The second-order valence-electron chi connectivity index (χ2n) is 10.1. The molecule has 7 nitrogen and oxygen atoms in total. The van der Waals surface area contributed by atoms with Crippen LogP contribution in [0.15, 0.2) is 42.4 Å². The molecule has 3 rings (SSSR count). The lowest BCUT2D eigenvalue weighted by Gasteiger charge is -2.37. The maximum Gasteiger partial charge on any atom is 0.228 e.